The van der Waals surface area contributed by atoms with E-state index in [-0.39, 0.29) is 24.2 Å². The van der Waals surface area contributed by atoms with Crippen molar-refractivity contribution >= 4 is 11.9 Å². The Hall–Kier alpha value is -1.32. The maximum absolute atomic E-state index is 12.0. The number of fused-ring (bicyclic) bond motifs is 3. The van der Waals surface area contributed by atoms with Crippen molar-refractivity contribution in [1.29, 1.82) is 0 Å². The molecule has 2 bridgehead atoms. The van der Waals surface area contributed by atoms with Gasteiger partial charge in [-0.05, 0) is 80.0 Å². The molecular weight excluding hydrogens is 352 g/mol. The molecule has 4 nitrogen and oxygen atoms in total. The normalized spacial score (nSPS) is 44.5. The first-order valence-corrected chi connectivity index (χ1v) is 11.2. The van der Waals surface area contributed by atoms with Crippen LogP contribution in [0, 0.1) is 34.0 Å². The van der Waals surface area contributed by atoms with Crippen LogP contribution in [0.3, 0.4) is 0 Å². The number of carboxylic acid groups (broad SMARTS) is 1. The van der Waals surface area contributed by atoms with Crippen LogP contribution >= 0.6 is 0 Å². The minimum atomic E-state index is -0.945. The number of aliphatic carboxylic acids is 1. The summed E-state index contributed by atoms with van der Waals surface area (Å²) in [5.41, 5.74) is 2.34. The zero-order valence-corrected chi connectivity index (χ0v) is 17.6. The van der Waals surface area contributed by atoms with E-state index in [1.165, 1.54) is 56.9 Å². The standard InChI is InChI=1S/C24H36O4/c1-16-13-24-12-9-18-22(2,15-28-21(27)8-7-20(25)26)10-4-11-23(18,3)19(24)6-5-17(16)14-24/h17-19H,1,4-15H2,2-3H3,(H,25,26)/t17-,18-,19+,22+,23-,24-/m1/s1. The SMILES string of the molecule is C=C1C[C@@]23CC[C@@H]4[C@](C)(COC(=O)CCC(=O)O)CCC[C@@]4(C)[C@@H]2CC[C@@H]1C3. The fourth-order valence-corrected chi connectivity index (χ4v) is 8.19. The smallest absolute Gasteiger partial charge is 0.306 e. The highest BCUT2D eigenvalue weighted by Gasteiger charge is 2.63. The lowest BCUT2D eigenvalue weighted by atomic mass is 9.41. The number of carbonyl (C=O) groups excluding carboxylic acids is 1. The summed E-state index contributed by atoms with van der Waals surface area (Å²) in [6.45, 7) is 9.71. The molecule has 0 aliphatic heterocycles. The van der Waals surface area contributed by atoms with E-state index in [9.17, 15) is 9.59 Å². The summed E-state index contributed by atoms with van der Waals surface area (Å²) in [6.07, 6.45) is 11.2. The van der Waals surface area contributed by atoms with Crippen molar-refractivity contribution in [3.8, 4) is 0 Å². The van der Waals surface area contributed by atoms with Crippen LogP contribution in [0.2, 0.25) is 0 Å². The third-order valence-electron chi connectivity index (χ3n) is 9.29. The lowest BCUT2D eigenvalue weighted by Gasteiger charge is -2.64. The second-order valence-corrected chi connectivity index (χ2v) is 10.9. The van der Waals surface area contributed by atoms with Crippen molar-refractivity contribution < 1.29 is 19.4 Å². The number of hydrogen-bond donors (Lipinski definition) is 1. The first-order chi connectivity index (χ1) is 13.2. The van der Waals surface area contributed by atoms with Crippen molar-refractivity contribution in [3.05, 3.63) is 12.2 Å². The van der Waals surface area contributed by atoms with Crippen molar-refractivity contribution in [1.82, 2.24) is 0 Å². The zero-order valence-electron chi connectivity index (χ0n) is 17.6. The van der Waals surface area contributed by atoms with Crippen LogP contribution in [0.5, 0.6) is 0 Å². The average molecular weight is 389 g/mol. The molecule has 0 radical (unpaired) electrons. The lowest BCUT2D eigenvalue weighted by molar-refractivity contribution is -0.174. The zero-order chi connectivity index (χ0) is 20.2. The number of hydrogen-bond acceptors (Lipinski definition) is 3. The number of carbonyl (C=O) groups is 2. The van der Waals surface area contributed by atoms with Crippen LogP contribution in [0.15, 0.2) is 12.2 Å². The molecule has 0 aromatic heterocycles. The molecule has 1 N–H and O–H groups in total. The van der Waals surface area contributed by atoms with Gasteiger partial charge in [-0.15, -0.1) is 0 Å². The molecule has 0 aromatic rings. The van der Waals surface area contributed by atoms with Crippen molar-refractivity contribution in [2.75, 3.05) is 6.61 Å². The fourth-order valence-electron chi connectivity index (χ4n) is 8.19. The molecule has 4 heteroatoms. The molecule has 6 atom stereocenters. The summed E-state index contributed by atoms with van der Waals surface area (Å²) in [6, 6.07) is 0. The third-order valence-corrected chi connectivity index (χ3v) is 9.29. The Bertz CT molecular complexity index is 684. The maximum Gasteiger partial charge on any atom is 0.306 e. The van der Waals surface area contributed by atoms with E-state index < -0.39 is 5.97 Å². The summed E-state index contributed by atoms with van der Waals surface area (Å²) in [4.78, 5) is 22.8. The van der Waals surface area contributed by atoms with Gasteiger partial charge in [0, 0.05) is 5.41 Å². The number of carboxylic acids is 1. The summed E-state index contributed by atoms with van der Waals surface area (Å²) in [7, 11) is 0. The van der Waals surface area contributed by atoms with E-state index in [1.807, 2.05) is 0 Å². The van der Waals surface area contributed by atoms with Crippen LogP contribution in [0.25, 0.3) is 0 Å². The second-order valence-electron chi connectivity index (χ2n) is 10.9. The average Bonchev–Trinajstić information content (AvgIpc) is 2.86. The van der Waals surface area contributed by atoms with Gasteiger partial charge in [-0.3, -0.25) is 9.59 Å². The molecule has 4 rings (SSSR count). The summed E-state index contributed by atoms with van der Waals surface area (Å²) >= 11 is 0. The molecule has 28 heavy (non-hydrogen) atoms. The molecular formula is C24H36O4. The molecule has 0 amide bonds. The minimum absolute atomic E-state index is 0.0138. The van der Waals surface area contributed by atoms with Gasteiger partial charge in [0.1, 0.15) is 0 Å². The van der Waals surface area contributed by atoms with Crippen LogP contribution in [0.4, 0.5) is 0 Å². The van der Waals surface area contributed by atoms with E-state index in [2.05, 4.69) is 20.4 Å². The molecule has 156 valence electrons. The van der Waals surface area contributed by atoms with E-state index in [4.69, 9.17) is 9.84 Å². The van der Waals surface area contributed by atoms with Gasteiger partial charge in [-0.2, -0.15) is 0 Å². The Labute approximate surface area is 169 Å². The van der Waals surface area contributed by atoms with E-state index in [1.54, 1.807) is 0 Å². The van der Waals surface area contributed by atoms with Crippen molar-refractivity contribution in [2.45, 2.75) is 84.5 Å². The molecule has 0 unspecified atom stereocenters. The van der Waals surface area contributed by atoms with Gasteiger partial charge in [-0.1, -0.05) is 32.4 Å². The van der Waals surface area contributed by atoms with E-state index in [0.29, 0.717) is 23.4 Å². The first kappa shape index (κ1) is 20.0. The van der Waals surface area contributed by atoms with Gasteiger partial charge in [0.2, 0.25) is 0 Å². The Kier molecular flexibility index (Phi) is 4.91. The highest BCUT2D eigenvalue weighted by atomic mass is 16.5. The van der Waals surface area contributed by atoms with Gasteiger partial charge in [-0.25, -0.2) is 0 Å². The monoisotopic (exact) mass is 388 g/mol. The third kappa shape index (κ3) is 3.11. The largest absolute Gasteiger partial charge is 0.481 e. The van der Waals surface area contributed by atoms with Gasteiger partial charge >= 0.3 is 11.9 Å². The van der Waals surface area contributed by atoms with Gasteiger partial charge < -0.3 is 9.84 Å². The summed E-state index contributed by atoms with van der Waals surface area (Å²) < 4.78 is 5.63. The highest BCUT2D eigenvalue weighted by Crippen LogP contribution is 2.72. The molecule has 0 saturated heterocycles. The number of esters is 1. The quantitative estimate of drug-likeness (QED) is 0.508. The van der Waals surface area contributed by atoms with Crippen LogP contribution < -0.4 is 0 Å². The second kappa shape index (κ2) is 6.88. The van der Waals surface area contributed by atoms with E-state index >= 15 is 0 Å². The first-order valence-electron chi connectivity index (χ1n) is 11.2. The molecule has 1 spiro atoms. The fraction of sp³-hybridized carbons (Fsp3) is 0.833. The van der Waals surface area contributed by atoms with Crippen LogP contribution in [0.1, 0.15) is 84.5 Å². The number of rotatable bonds is 5. The van der Waals surface area contributed by atoms with Gasteiger partial charge in [0.25, 0.3) is 0 Å². The Morgan fingerprint density at radius 2 is 1.89 bits per heavy atom. The summed E-state index contributed by atoms with van der Waals surface area (Å²) in [5, 5.41) is 8.78. The predicted molar refractivity (Wildman–Crippen MR) is 108 cm³/mol. The maximum atomic E-state index is 12.0. The lowest BCUT2D eigenvalue weighted by Crippen LogP contribution is -2.57. The topological polar surface area (TPSA) is 63.6 Å². The Balaban J connectivity index is 1.50. The highest BCUT2D eigenvalue weighted by molar-refractivity contribution is 5.76. The van der Waals surface area contributed by atoms with Crippen molar-refractivity contribution in [2.24, 2.45) is 34.0 Å². The molecule has 0 aromatic carbocycles. The summed E-state index contributed by atoms with van der Waals surface area (Å²) in [5.74, 6) is 0.815. The predicted octanol–water partition coefficient (Wildman–Crippen LogP) is 5.36. The Morgan fingerprint density at radius 3 is 2.64 bits per heavy atom. The number of ether oxygens (including phenoxy) is 1. The van der Waals surface area contributed by atoms with Crippen molar-refractivity contribution in [3.63, 3.8) is 0 Å². The van der Waals surface area contributed by atoms with E-state index in [0.717, 1.165) is 18.3 Å². The molecule has 4 aliphatic carbocycles. The molecule has 4 fully saturated rings. The Morgan fingerprint density at radius 1 is 1.11 bits per heavy atom. The van der Waals surface area contributed by atoms with Gasteiger partial charge in [0.05, 0.1) is 19.4 Å². The van der Waals surface area contributed by atoms with Crippen LogP contribution in [-0.4, -0.2) is 23.7 Å². The molecule has 4 aliphatic rings. The molecule has 0 heterocycles. The number of allylic oxidation sites excluding steroid dienone is 1. The van der Waals surface area contributed by atoms with Gasteiger partial charge in [0.15, 0.2) is 0 Å². The molecule has 4 saturated carbocycles. The minimum Gasteiger partial charge on any atom is -0.481 e. The van der Waals surface area contributed by atoms with Crippen LogP contribution in [-0.2, 0) is 14.3 Å².